The number of aryl methyl sites for hydroxylation is 1. The Kier molecular flexibility index (Phi) is 6.22. The Labute approximate surface area is 176 Å². The molecular weight excluding hydrogens is 408 g/mol. The molecule has 2 aromatic rings. The average molecular weight is 426 g/mol. The number of esters is 1. The van der Waals surface area contributed by atoms with E-state index in [0.717, 1.165) is 10.5 Å². The number of hydrogen-bond donors (Lipinski definition) is 1. The molecule has 0 bridgehead atoms. The molecule has 1 fully saturated rings. The molecule has 8 nitrogen and oxygen atoms in total. The monoisotopic (exact) mass is 426 g/mol. The number of methoxy groups -OCH3 is 1. The third-order valence-electron chi connectivity index (χ3n) is 4.13. The fourth-order valence-corrected chi connectivity index (χ4v) is 3.57. The lowest BCUT2D eigenvalue weighted by atomic mass is 10.1. The Bertz CT molecular complexity index is 1080. The predicted molar refractivity (Wildman–Crippen MR) is 111 cm³/mol. The molecule has 30 heavy (non-hydrogen) atoms. The number of primary amides is 1. The van der Waals surface area contributed by atoms with E-state index in [1.165, 1.54) is 19.3 Å². The fraction of sp³-hybridized carbons (Fsp3) is 0.143. The molecule has 154 valence electrons. The van der Waals surface area contributed by atoms with Gasteiger partial charge in [0, 0.05) is 0 Å². The van der Waals surface area contributed by atoms with Gasteiger partial charge in [-0.15, -0.1) is 0 Å². The average Bonchev–Trinajstić information content (AvgIpc) is 2.96. The van der Waals surface area contributed by atoms with E-state index in [0.29, 0.717) is 22.9 Å². The van der Waals surface area contributed by atoms with Crippen molar-refractivity contribution in [3.63, 3.8) is 0 Å². The lowest BCUT2D eigenvalue weighted by molar-refractivity contribution is -0.127. The summed E-state index contributed by atoms with van der Waals surface area (Å²) in [5, 5.41) is -0.569. The minimum Gasteiger partial charge on any atom is -0.493 e. The highest BCUT2D eigenvalue weighted by atomic mass is 32.2. The smallest absolute Gasteiger partial charge is 0.343 e. The summed E-state index contributed by atoms with van der Waals surface area (Å²) in [6.45, 7) is 1.40. The summed E-state index contributed by atoms with van der Waals surface area (Å²) in [5.74, 6) is -1.42. The molecule has 3 rings (SSSR count). The Balaban J connectivity index is 1.81. The summed E-state index contributed by atoms with van der Waals surface area (Å²) in [6.07, 6.45) is 1.49. The molecule has 1 aliphatic heterocycles. The normalized spacial score (nSPS) is 14.9. The molecule has 3 amide bonds. The van der Waals surface area contributed by atoms with E-state index >= 15 is 0 Å². The molecule has 0 spiro atoms. The first kappa shape index (κ1) is 21.1. The van der Waals surface area contributed by atoms with Crippen LogP contribution in [-0.2, 0) is 9.59 Å². The summed E-state index contributed by atoms with van der Waals surface area (Å²) >= 11 is 0.710. The molecule has 1 saturated heterocycles. The van der Waals surface area contributed by atoms with Crippen molar-refractivity contribution >= 4 is 40.9 Å². The summed E-state index contributed by atoms with van der Waals surface area (Å²) in [5.41, 5.74) is 6.95. The van der Waals surface area contributed by atoms with E-state index in [2.05, 4.69) is 0 Å². The van der Waals surface area contributed by atoms with Crippen molar-refractivity contribution in [2.75, 3.05) is 13.7 Å². The van der Waals surface area contributed by atoms with Gasteiger partial charge in [0.05, 0.1) is 17.6 Å². The number of amides is 3. The zero-order valence-electron chi connectivity index (χ0n) is 16.2. The summed E-state index contributed by atoms with van der Waals surface area (Å²) < 4.78 is 10.7. The number of carbonyl (C=O) groups excluding carboxylic acids is 4. The van der Waals surface area contributed by atoms with Crippen LogP contribution in [0.25, 0.3) is 6.08 Å². The number of hydrogen-bond acceptors (Lipinski definition) is 7. The van der Waals surface area contributed by atoms with E-state index in [1.54, 1.807) is 30.3 Å². The second kappa shape index (κ2) is 8.83. The number of ether oxygens (including phenoxy) is 2. The molecule has 0 radical (unpaired) electrons. The third kappa shape index (κ3) is 4.69. The molecular formula is C21H18N2O6S. The van der Waals surface area contributed by atoms with Gasteiger partial charge >= 0.3 is 5.97 Å². The molecule has 2 N–H and O–H groups in total. The molecule has 0 unspecified atom stereocenters. The lowest BCUT2D eigenvalue weighted by Crippen LogP contribution is -2.36. The van der Waals surface area contributed by atoms with Crippen LogP contribution in [-0.4, -0.2) is 41.6 Å². The second-order valence-corrected chi connectivity index (χ2v) is 7.40. The minimum absolute atomic E-state index is 0.146. The molecule has 1 aliphatic rings. The SMILES string of the molecule is COc1cc(/C=C2\SC(=O)N(CC(N)=O)C2=O)ccc1OC(=O)c1cccc(C)c1. The van der Waals surface area contributed by atoms with Crippen molar-refractivity contribution in [3.8, 4) is 11.5 Å². The van der Waals surface area contributed by atoms with Crippen molar-refractivity contribution in [2.45, 2.75) is 6.92 Å². The summed E-state index contributed by atoms with van der Waals surface area (Å²) in [6, 6.07) is 11.7. The number of imide groups is 1. The fourth-order valence-electron chi connectivity index (χ4n) is 2.73. The van der Waals surface area contributed by atoms with Gasteiger partial charge < -0.3 is 15.2 Å². The maximum atomic E-state index is 12.4. The van der Waals surface area contributed by atoms with Crippen molar-refractivity contribution in [1.29, 1.82) is 0 Å². The molecule has 2 aromatic carbocycles. The highest BCUT2D eigenvalue weighted by Gasteiger charge is 2.35. The molecule has 9 heteroatoms. The van der Waals surface area contributed by atoms with E-state index in [1.807, 2.05) is 13.0 Å². The standard InChI is InChI=1S/C21H18N2O6S/c1-12-4-3-5-14(8-12)20(26)29-15-7-6-13(9-16(15)28-2)10-17-19(25)23(11-18(22)24)21(27)30-17/h3-10H,11H2,1-2H3,(H2,22,24)/b17-10-. The number of nitrogens with zero attached hydrogens (tertiary/aromatic N) is 1. The van der Waals surface area contributed by atoms with Crippen molar-refractivity contribution < 1.29 is 28.7 Å². The minimum atomic E-state index is -0.778. The number of benzene rings is 2. The van der Waals surface area contributed by atoms with Gasteiger partial charge in [-0.3, -0.25) is 19.3 Å². The Hall–Kier alpha value is -3.59. The van der Waals surface area contributed by atoms with Gasteiger partial charge in [0.25, 0.3) is 11.1 Å². The van der Waals surface area contributed by atoms with Crippen LogP contribution in [0, 0.1) is 6.92 Å². The number of nitrogens with two attached hydrogens (primary N) is 1. The van der Waals surface area contributed by atoms with Gasteiger partial charge in [-0.1, -0.05) is 23.8 Å². The van der Waals surface area contributed by atoms with Crippen LogP contribution in [0.5, 0.6) is 11.5 Å². The highest BCUT2D eigenvalue weighted by Crippen LogP contribution is 2.34. The van der Waals surface area contributed by atoms with E-state index < -0.39 is 29.6 Å². The first-order valence-corrected chi connectivity index (χ1v) is 9.60. The zero-order chi connectivity index (χ0) is 21.8. The van der Waals surface area contributed by atoms with Gasteiger partial charge in [0.15, 0.2) is 11.5 Å². The van der Waals surface area contributed by atoms with Gasteiger partial charge in [0.1, 0.15) is 6.54 Å². The number of thioether (sulfide) groups is 1. The summed E-state index contributed by atoms with van der Waals surface area (Å²) in [4.78, 5) is 48.6. The predicted octanol–water partition coefficient (Wildman–Crippen LogP) is 2.74. The molecule has 0 aliphatic carbocycles. The Morgan fingerprint density at radius 2 is 1.90 bits per heavy atom. The van der Waals surface area contributed by atoms with Crippen LogP contribution in [0.2, 0.25) is 0 Å². The zero-order valence-corrected chi connectivity index (χ0v) is 17.0. The van der Waals surface area contributed by atoms with Crippen LogP contribution in [0.3, 0.4) is 0 Å². The van der Waals surface area contributed by atoms with E-state index in [4.69, 9.17) is 15.2 Å². The second-order valence-electron chi connectivity index (χ2n) is 6.40. The maximum Gasteiger partial charge on any atom is 0.343 e. The van der Waals surface area contributed by atoms with Gasteiger partial charge in [-0.25, -0.2) is 4.79 Å². The quantitative estimate of drug-likeness (QED) is 0.429. The molecule has 1 heterocycles. The molecule has 0 saturated carbocycles. The van der Waals surface area contributed by atoms with Crippen LogP contribution in [0.1, 0.15) is 21.5 Å². The van der Waals surface area contributed by atoms with E-state index in [9.17, 15) is 19.2 Å². The third-order valence-corrected chi connectivity index (χ3v) is 5.04. The van der Waals surface area contributed by atoms with Crippen LogP contribution in [0.15, 0.2) is 47.4 Å². The van der Waals surface area contributed by atoms with Crippen molar-refractivity contribution in [1.82, 2.24) is 4.90 Å². The molecule has 0 aromatic heterocycles. The van der Waals surface area contributed by atoms with Gasteiger partial charge in [-0.05, 0) is 54.6 Å². The first-order chi connectivity index (χ1) is 14.3. The summed E-state index contributed by atoms with van der Waals surface area (Å²) in [7, 11) is 1.42. The number of rotatable bonds is 6. The highest BCUT2D eigenvalue weighted by molar-refractivity contribution is 8.18. The maximum absolute atomic E-state index is 12.4. The first-order valence-electron chi connectivity index (χ1n) is 8.79. The van der Waals surface area contributed by atoms with Gasteiger partial charge in [0.2, 0.25) is 5.91 Å². The van der Waals surface area contributed by atoms with Gasteiger partial charge in [-0.2, -0.15) is 0 Å². The molecule has 0 atom stereocenters. The van der Waals surface area contributed by atoms with Crippen molar-refractivity contribution in [2.24, 2.45) is 5.73 Å². The van der Waals surface area contributed by atoms with Crippen LogP contribution in [0.4, 0.5) is 4.79 Å². The van der Waals surface area contributed by atoms with Crippen LogP contribution < -0.4 is 15.2 Å². The van der Waals surface area contributed by atoms with Crippen LogP contribution >= 0.6 is 11.8 Å². The van der Waals surface area contributed by atoms with Crippen molar-refractivity contribution in [3.05, 3.63) is 64.1 Å². The Morgan fingerprint density at radius 3 is 2.57 bits per heavy atom. The Morgan fingerprint density at radius 1 is 1.13 bits per heavy atom. The topological polar surface area (TPSA) is 116 Å². The van der Waals surface area contributed by atoms with E-state index in [-0.39, 0.29) is 16.4 Å². The number of carbonyl (C=O) groups is 4. The lowest BCUT2D eigenvalue weighted by Gasteiger charge is -2.11. The largest absolute Gasteiger partial charge is 0.493 e.